The Bertz CT molecular complexity index is 554. The minimum absolute atomic E-state index is 0.248. The lowest BCUT2D eigenvalue weighted by Gasteiger charge is -2.11. The Morgan fingerprint density at radius 3 is 2.68 bits per heavy atom. The zero-order chi connectivity index (χ0) is 13.7. The maximum absolute atomic E-state index is 13.5. The van der Waals surface area contributed by atoms with E-state index in [-0.39, 0.29) is 5.82 Å². The van der Waals surface area contributed by atoms with Crippen LogP contribution in [0.2, 0.25) is 0 Å². The van der Waals surface area contributed by atoms with E-state index in [0.29, 0.717) is 11.3 Å². The van der Waals surface area contributed by atoms with Crippen LogP contribution in [0.25, 0.3) is 0 Å². The predicted molar refractivity (Wildman–Crippen MR) is 75.0 cm³/mol. The first-order chi connectivity index (χ1) is 9.20. The predicted octanol–water partition coefficient (Wildman–Crippen LogP) is 4.04. The van der Waals surface area contributed by atoms with Crippen molar-refractivity contribution in [2.75, 3.05) is 6.54 Å². The first-order valence-electron chi connectivity index (χ1n) is 6.43. The minimum Gasteiger partial charge on any atom is -0.457 e. The third-order valence-electron chi connectivity index (χ3n) is 2.91. The Kier molecular flexibility index (Phi) is 4.53. The number of ether oxygens (including phenoxy) is 1. The van der Waals surface area contributed by atoms with E-state index in [1.54, 1.807) is 19.1 Å². The minimum atomic E-state index is -0.248. The SMILES string of the molecule is CCNCc1ccccc1Oc1ccc(C)c(F)c1. The van der Waals surface area contributed by atoms with Crippen molar-refractivity contribution in [2.24, 2.45) is 0 Å². The molecule has 0 radical (unpaired) electrons. The highest BCUT2D eigenvalue weighted by Gasteiger charge is 2.05. The van der Waals surface area contributed by atoms with Crippen molar-refractivity contribution in [3.63, 3.8) is 0 Å². The van der Waals surface area contributed by atoms with Crippen LogP contribution in [0.1, 0.15) is 18.1 Å². The van der Waals surface area contributed by atoms with Crippen LogP contribution in [0.5, 0.6) is 11.5 Å². The van der Waals surface area contributed by atoms with Crippen LogP contribution >= 0.6 is 0 Å². The summed E-state index contributed by atoms with van der Waals surface area (Å²) in [4.78, 5) is 0. The molecule has 0 amide bonds. The van der Waals surface area contributed by atoms with Crippen LogP contribution in [0.3, 0.4) is 0 Å². The van der Waals surface area contributed by atoms with Gasteiger partial charge in [-0.05, 0) is 31.2 Å². The second-order valence-corrected chi connectivity index (χ2v) is 4.40. The van der Waals surface area contributed by atoms with Gasteiger partial charge in [-0.1, -0.05) is 31.2 Å². The zero-order valence-electron chi connectivity index (χ0n) is 11.2. The highest BCUT2D eigenvalue weighted by atomic mass is 19.1. The molecule has 0 aromatic heterocycles. The number of para-hydroxylation sites is 1. The number of aryl methyl sites for hydroxylation is 1. The van der Waals surface area contributed by atoms with Gasteiger partial charge in [0.25, 0.3) is 0 Å². The Morgan fingerprint density at radius 2 is 1.95 bits per heavy atom. The molecule has 0 unspecified atom stereocenters. The van der Waals surface area contributed by atoms with Gasteiger partial charge in [0, 0.05) is 18.2 Å². The molecule has 0 aliphatic rings. The zero-order valence-corrected chi connectivity index (χ0v) is 11.2. The van der Waals surface area contributed by atoms with Gasteiger partial charge in [0.05, 0.1) is 0 Å². The molecule has 3 heteroatoms. The molecule has 2 nitrogen and oxygen atoms in total. The molecule has 0 aliphatic heterocycles. The number of rotatable bonds is 5. The maximum atomic E-state index is 13.5. The molecule has 0 saturated heterocycles. The molecule has 2 aromatic carbocycles. The second-order valence-electron chi connectivity index (χ2n) is 4.40. The van der Waals surface area contributed by atoms with Gasteiger partial charge in [-0.15, -0.1) is 0 Å². The summed E-state index contributed by atoms with van der Waals surface area (Å²) >= 11 is 0. The van der Waals surface area contributed by atoms with Gasteiger partial charge in [-0.3, -0.25) is 0 Å². The number of nitrogens with one attached hydrogen (secondary N) is 1. The van der Waals surface area contributed by atoms with Crippen LogP contribution in [0.15, 0.2) is 42.5 Å². The molecule has 0 aliphatic carbocycles. The summed E-state index contributed by atoms with van der Waals surface area (Å²) in [6.07, 6.45) is 0. The van der Waals surface area contributed by atoms with E-state index in [2.05, 4.69) is 12.2 Å². The number of hydrogen-bond acceptors (Lipinski definition) is 2. The summed E-state index contributed by atoms with van der Waals surface area (Å²) in [5.41, 5.74) is 1.68. The van der Waals surface area contributed by atoms with Crippen LogP contribution in [0, 0.1) is 12.7 Å². The summed E-state index contributed by atoms with van der Waals surface area (Å²) in [6, 6.07) is 12.7. The Morgan fingerprint density at radius 1 is 1.16 bits per heavy atom. The summed E-state index contributed by atoms with van der Waals surface area (Å²) in [5.74, 6) is 1.03. The largest absolute Gasteiger partial charge is 0.457 e. The third kappa shape index (κ3) is 3.55. The monoisotopic (exact) mass is 259 g/mol. The van der Waals surface area contributed by atoms with E-state index in [9.17, 15) is 4.39 Å². The van der Waals surface area contributed by atoms with E-state index in [1.807, 2.05) is 24.3 Å². The van der Waals surface area contributed by atoms with Crippen molar-refractivity contribution in [1.82, 2.24) is 5.32 Å². The molecule has 100 valence electrons. The second kappa shape index (κ2) is 6.34. The molecule has 0 atom stereocenters. The van der Waals surface area contributed by atoms with Crippen molar-refractivity contribution in [3.05, 3.63) is 59.4 Å². The van der Waals surface area contributed by atoms with E-state index in [4.69, 9.17) is 4.74 Å². The van der Waals surface area contributed by atoms with Gasteiger partial charge in [0.1, 0.15) is 17.3 Å². The normalized spacial score (nSPS) is 10.5. The molecule has 0 saturated carbocycles. The molecule has 0 spiro atoms. The van der Waals surface area contributed by atoms with E-state index >= 15 is 0 Å². The number of halogens is 1. The van der Waals surface area contributed by atoms with Crippen LogP contribution in [0.4, 0.5) is 4.39 Å². The average Bonchev–Trinajstić information content (AvgIpc) is 2.42. The first-order valence-corrected chi connectivity index (χ1v) is 6.43. The van der Waals surface area contributed by atoms with Gasteiger partial charge in [-0.25, -0.2) is 4.39 Å². The summed E-state index contributed by atoms with van der Waals surface area (Å²) in [6.45, 7) is 5.42. The molecular formula is C16H18FNO. The highest BCUT2D eigenvalue weighted by molar-refractivity contribution is 5.38. The lowest BCUT2D eigenvalue weighted by atomic mass is 10.2. The van der Waals surface area contributed by atoms with E-state index < -0.39 is 0 Å². The molecule has 0 bridgehead atoms. The Balaban J connectivity index is 2.20. The fourth-order valence-corrected chi connectivity index (χ4v) is 1.77. The highest BCUT2D eigenvalue weighted by Crippen LogP contribution is 2.26. The quantitative estimate of drug-likeness (QED) is 0.875. The molecular weight excluding hydrogens is 241 g/mol. The number of hydrogen-bond donors (Lipinski definition) is 1. The topological polar surface area (TPSA) is 21.3 Å². The van der Waals surface area contributed by atoms with Crippen LogP contribution < -0.4 is 10.1 Å². The summed E-state index contributed by atoms with van der Waals surface area (Å²) < 4.78 is 19.3. The lowest BCUT2D eigenvalue weighted by Crippen LogP contribution is -2.12. The molecule has 19 heavy (non-hydrogen) atoms. The molecule has 2 aromatic rings. The Labute approximate surface area is 113 Å². The van der Waals surface area contributed by atoms with E-state index in [1.165, 1.54) is 6.07 Å². The van der Waals surface area contributed by atoms with E-state index in [0.717, 1.165) is 24.4 Å². The van der Waals surface area contributed by atoms with Crippen molar-refractivity contribution >= 4 is 0 Å². The third-order valence-corrected chi connectivity index (χ3v) is 2.91. The maximum Gasteiger partial charge on any atom is 0.131 e. The lowest BCUT2D eigenvalue weighted by molar-refractivity contribution is 0.467. The smallest absolute Gasteiger partial charge is 0.131 e. The first kappa shape index (κ1) is 13.6. The molecule has 2 rings (SSSR count). The molecule has 1 N–H and O–H groups in total. The fourth-order valence-electron chi connectivity index (χ4n) is 1.77. The average molecular weight is 259 g/mol. The van der Waals surface area contributed by atoms with Gasteiger partial charge >= 0.3 is 0 Å². The van der Waals surface area contributed by atoms with Crippen molar-refractivity contribution < 1.29 is 9.13 Å². The standard InChI is InChI=1S/C16H18FNO/c1-3-18-11-13-6-4-5-7-16(13)19-14-9-8-12(2)15(17)10-14/h4-10,18H,3,11H2,1-2H3. The molecule has 0 fully saturated rings. The van der Waals surface area contributed by atoms with Crippen LogP contribution in [-0.2, 0) is 6.54 Å². The molecule has 0 heterocycles. The number of benzene rings is 2. The van der Waals surface area contributed by atoms with Crippen molar-refractivity contribution in [2.45, 2.75) is 20.4 Å². The van der Waals surface area contributed by atoms with Gasteiger partial charge in [-0.2, -0.15) is 0 Å². The van der Waals surface area contributed by atoms with Gasteiger partial charge < -0.3 is 10.1 Å². The summed E-state index contributed by atoms with van der Waals surface area (Å²) in [7, 11) is 0. The van der Waals surface area contributed by atoms with Gasteiger partial charge in [0.2, 0.25) is 0 Å². The van der Waals surface area contributed by atoms with Crippen molar-refractivity contribution in [1.29, 1.82) is 0 Å². The Hall–Kier alpha value is -1.87. The van der Waals surface area contributed by atoms with Crippen molar-refractivity contribution in [3.8, 4) is 11.5 Å². The fraction of sp³-hybridized carbons (Fsp3) is 0.250. The van der Waals surface area contributed by atoms with Gasteiger partial charge in [0.15, 0.2) is 0 Å². The summed E-state index contributed by atoms with van der Waals surface area (Å²) in [5, 5.41) is 3.26. The van der Waals surface area contributed by atoms with Crippen LogP contribution in [-0.4, -0.2) is 6.54 Å².